The first-order chi connectivity index (χ1) is 14.0. The Bertz CT molecular complexity index is 1160. The molecular weight excluding hydrogens is 440 g/mol. The van der Waals surface area contributed by atoms with Crippen molar-refractivity contribution in [2.24, 2.45) is 0 Å². The van der Waals surface area contributed by atoms with Gasteiger partial charge in [0.05, 0.1) is 32.6 Å². The first-order valence-corrected chi connectivity index (χ1v) is 11.1. The molecule has 2 heterocycles. The lowest BCUT2D eigenvalue weighted by atomic mass is 10.2. The Hall–Kier alpha value is -2.26. The van der Waals surface area contributed by atoms with Crippen LogP contribution < -0.4 is 9.64 Å². The van der Waals surface area contributed by atoms with Crippen LogP contribution in [-0.4, -0.2) is 54.6 Å². The Kier molecular flexibility index (Phi) is 7.25. The van der Waals surface area contributed by atoms with E-state index < -0.39 is 0 Å². The Morgan fingerprint density at radius 1 is 1.07 bits per heavy atom. The summed E-state index contributed by atoms with van der Waals surface area (Å²) in [6, 6.07) is 11.5. The molecule has 0 radical (unpaired) electrons. The molecule has 0 spiro atoms. The van der Waals surface area contributed by atoms with Gasteiger partial charge < -0.3 is 9.64 Å². The van der Waals surface area contributed by atoms with Crippen molar-refractivity contribution in [3.63, 3.8) is 0 Å². The quantitative estimate of drug-likeness (QED) is 0.389. The number of fused-ring (bicyclic) bond motifs is 2. The topological polar surface area (TPSA) is 58.6 Å². The van der Waals surface area contributed by atoms with Crippen LogP contribution in [0.2, 0.25) is 0 Å². The fraction of sp³-hybridized carbons (Fsp3) is 0.286. The summed E-state index contributed by atoms with van der Waals surface area (Å²) >= 11 is 3.05. The summed E-state index contributed by atoms with van der Waals surface area (Å²) in [5.74, 6) is 0.767. The molecule has 6 nitrogen and oxygen atoms in total. The maximum Gasteiger partial charge on any atom is 0.260 e. The number of carbonyl (C=O) groups is 1. The summed E-state index contributed by atoms with van der Waals surface area (Å²) < 4.78 is 7.61. The lowest BCUT2D eigenvalue weighted by Gasteiger charge is -2.22. The number of halogens is 1. The fourth-order valence-corrected chi connectivity index (χ4v) is 4.73. The second kappa shape index (κ2) is 9.70. The number of benzene rings is 2. The van der Waals surface area contributed by atoms with Crippen molar-refractivity contribution in [2.75, 3.05) is 38.7 Å². The monoisotopic (exact) mass is 462 g/mol. The van der Waals surface area contributed by atoms with Gasteiger partial charge in [0.25, 0.3) is 5.91 Å². The lowest BCUT2D eigenvalue weighted by Crippen LogP contribution is -2.36. The first kappa shape index (κ1) is 22.4. The SMILES string of the molecule is CCOc1ccc2nc(N(CCN(C)C)C(=O)c3ccc4ncsc4c3)sc2c1.Cl. The number of carbonyl (C=O) groups excluding carboxylic acids is 1. The van der Waals surface area contributed by atoms with Gasteiger partial charge in [-0.3, -0.25) is 9.69 Å². The van der Waals surface area contributed by atoms with Crippen LogP contribution in [0.5, 0.6) is 5.75 Å². The van der Waals surface area contributed by atoms with E-state index in [1.807, 2.05) is 57.4 Å². The van der Waals surface area contributed by atoms with E-state index in [-0.39, 0.29) is 18.3 Å². The first-order valence-electron chi connectivity index (χ1n) is 9.38. The van der Waals surface area contributed by atoms with Crippen molar-refractivity contribution in [3.05, 3.63) is 47.5 Å². The Morgan fingerprint density at radius 2 is 1.87 bits per heavy atom. The van der Waals surface area contributed by atoms with Crippen LogP contribution in [-0.2, 0) is 0 Å². The number of hydrogen-bond donors (Lipinski definition) is 0. The Balaban J connectivity index is 0.00000256. The van der Waals surface area contributed by atoms with Gasteiger partial charge in [-0.25, -0.2) is 9.97 Å². The molecule has 0 fully saturated rings. The van der Waals surface area contributed by atoms with Crippen LogP contribution in [0.1, 0.15) is 17.3 Å². The number of likely N-dealkylation sites (N-methyl/N-ethyl adjacent to an activating group) is 1. The molecule has 4 rings (SSSR count). The van der Waals surface area contributed by atoms with Gasteiger partial charge in [0.2, 0.25) is 0 Å². The van der Waals surface area contributed by atoms with Crippen LogP contribution in [0, 0.1) is 0 Å². The fourth-order valence-electron chi connectivity index (χ4n) is 2.99. The van der Waals surface area contributed by atoms with E-state index in [1.165, 1.54) is 22.7 Å². The van der Waals surface area contributed by atoms with Gasteiger partial charge in [-0.05, 0) is 57.4 Å². The van der Waals surface area contributed by atoms with E-state index in [0.29, 0.717) is 23.8 Å². The Labute approximate surface area is 189 Å². The zero-order valence-corrected chi connectivity index (χ0v) is 19.4. The number of thiazole rings is 2. The van der Waals surface area contributed by atoms with Crippen molar-refractivity contribution in [1.29, 1.82) is 0 Å². The molecule has 4 aromatic rings. The average molecular weight is 463 g/mol. The smallest absolute Gasteiger partial charge is 0.260 e. The molecule has 2 aromatic heterocycles. The molecule has 0 aliphatic carbocycles. The minimum absolute atomic E-state index is 0. The molecule has 0 bridgehead atoms. The Morgan fingerprint density at radius 3 is 2.63 bits per heavy atom. The molecule has 0 aliphatic heterocycles. The second-order valence-electron chi connectivity index (χ2n) is 6.85. The molecule has 9 heteroatoms. The molecule has 1 amide bonds. The zero-order chi connectivity index (χ0) is 20.4. The van der Waals surface area contributed by atoms with Gasteiger partial charge in [-0.1, -0.05) is 11.3 Å². The van der Waals surface area contributed by atoms with Crippen molar-refractivity contribution < 1.29 is 9.53 Å². The average Bonchev–Trinajstić information content (AvgIpc) is 3.33. The van der Waals surface area contributed by atoms with Gasteiger partial charge in [0.1, 0.15) is 5.75 Å². The van der Waals surface area contributed by atoms with Crippen LogP contribution >= 0.6 is 35.1 Å². The number of aromatic nitrogens is 2. The van der Waals surface area contributed by atoms with Crippen LogP contribution in [0.3, 0.4) is 0 Å². The van der Waals surface area contributed by atoms with E-state index in [9.17, 15) is 4.79 Å². The third-order valence-corrected chi connectivity index (χ3v) is 6.32. The summed E-state index contributed by atoms with van der Waals surface area (Å²) in [5, 5.41) is 0.699. The maximum absolute atomic E-state index is 13.4. The van der Waals surface area contributed by atoms with Crippen molar-refractivity contribution in [2.45, 2.75) is 6.92 Å². The number of amides is 1. The molecule has 0 saturated carbocycles. The van der Waals surface area contributed by atoms with Crippen molar-refractivity contribution in [1.82, 2.24) is 14.9 Å². The molecule has 0 aliphatic rings. The number of anilines is 1. The van der Waals surface area contributed by atoms with Crippen LogP contribution in [0.25, 0.3) is 20.4 Å². The number of nitrogens with zero attached hydrogens (tertiary/aromatic N) is 4. The molecule has 0 saturated heterocycles. The molecule has 0 unspecified atom stereocenters. The minimum atomic E-state index is -0.0498. The lowest BCUT2D eigenvalue weighted by molar-refractivity contribution is 0.0985. The highest BCUT2D eigenvalue weighted by atomic mass is 35.5. The third-order valence-electron chi connectivity index (χ3n) is 4.48. The molecule has 0 atom stereocenters. The van der Waals surface area contributed by atoms with E-state index >= 15 is 0 Å². The summed E-state index contributed by atoms with van der Waals surface area (Å²) in [4.78, 5) is 26.3. The minimum Gasteiger partial charge on any atom is -0.494 e. The predicted octanol–water partition coefficient (Wildman–Crippen LogP) is 4.93. The van der Waals surface area contributed by atoms with E-state index in [1.54, 1.807) is 10.4 Å². The van der Waals surface area contributed by atoms with Gasteiger partial charge in [0, 0.05) is 18.7 Å². The predicted molar refractivity (Wildman–Crippen MR) is 128 cm³/mol. The third kappa shape index (κ3) is 4.73. The van der Waals surface area contributed by atoms with Crippen molar-refractivity contribution >= 4 is 66.6 Å². The summed E-state index contributed by atoms with van der Waals surface area (Å²) in [6.07, 6.45) is 0. The molecule has 158 valence electrons. The summed E-state index contributed by atoms with van der Waals surface area (Å²) in [5.41, 5.74) is 4.23. The highest BCUT2D eigenvalue weighted by Gasteiger charge is 2.22. The summed E-state index contributed by atoms with van der Waals surface area (Å²) in [7, 11) is 4.00. The molecule has 2 aromatic carbocycles. The largest absolute Gasteiger partial charge is 0.494 e. The molecule has 30 heavy (non-hydrogen) atoms. The van der Waals surface area contributed by atoms with E-state index in [4.69, 9.17) is 9.72 Å². The van der Waals surface area contributed by atoms with Gasteiger partial charge in [-0.2, -0.15) is 0 Å². The maximum atomic E-state index is 13.4. The van der Waals surface area contributed by atoms with E-state index in [2.05, 4.69) is 9.88 Å². The van der Waals surface area contributed by atoms with Gasteiger partial charge >= 0.3 is 0 Å². The molecular formula is C21H23ClN4O2S2. The van der Waals surface area contributed by atoms with Gasteiger partial charge in [-0.15, -0.1) is 23.7 Å². The zero-order valence-electron chi connectivity index (χ0n) is 17.0. The van der Waals surface area contributed by atoms with Crippen LogP contribution in [0.4, 0.5) is 5.13 Å². The van der Waals surface area contributed by atoms with Gasteiger partial charge in [0.15, 0.2) is 5.13 Å². The number of ether oxygens (including phenoxy) is 1. The summed E-state index contributed by atoms with van der Waals surface area (Å²) in [6.45, 7) is 3.88. The number of hydrogen-bond acceptors (Lipinski definition) is 7. The molecule has 0 N–H and O–H groups in total. The van der Waals surface area contributed by atoms with Crippen molar-refractivity contribution in [3.8, 4) is 5.75 Å². The second-order valence-corrected chi connectivity index (χ2v) is 8.75. The van der Waals surface area contributed by atoms with Crippen LogP contribution in [0.15, 0.2) is 41.9 Å². The standard InChI is InChI=1S/C21H22N4O2S2.ClH/c1-4-27-15-6-8-17-19(12-15)29-21(23-17)25(10-9-24(2)3)20(26)14-5-7-16-18(11-14)28-13-22-16;/h5-8,11-13H,4,9-10H2,1-3H3;1H. The number of rotatable bonds is 7. The normalized spacial score (nSPS) is 11.1. The highest BCUT2D eigenvalue weighted by Crippen LogP contribution is 2.32. The highest BCUT2D eigenvalue weighted by molar-refractivity contribution is 7.22. The van der Waals surface area contributed by atoms with E-state index in [0.717, 1.165) is 32.7 Å².